The molecule has 0 amide bonds. The first-order valence-electron chi connectivity index (χ1n) is 8.06. The summed E-state index contributed by atoms with van der Waals surface area (Å²) in [6, 6.07) is 0. The van der Waals surface area contributed by atoms with Crippen LogP contribution in [0.1, 0.15) is 52.4 Å². The first-order chi connectivity index (χ1) is 10.2. The summed E-state index contributed by atoms with van der Waals surface area (Å²) < 4.78 is 2.04. The molecule has 1 fully saturated rings. The lowest BCUT2D eigenvalue weighted by atomic mass is 9.83. The predicted octanol–water partition coefficient (Wildman–Crippen LogP) is 3.69. The van der Waals surface area contributed by atoms with Crippen LogP contribution in [-0.2, 0) is 0 Å². The van der Waals surface area contributed by atoms with E-state index in [0.717, 1.165) is 30.2 Å². The van der Waals surface area contributed by atoms with Crippen LogP contribution >= 0.6 is 0 Å². The van der Waals surface area contributed by atoms with Gasteiger partial charge in [-0.2, -0.15) is 0 Å². The fourth-order valence-electron chi connectivity index (χ4n) is 3.10. The van der Waals surface area contributed by atoms with E-state index in [4.69, 9.17) is 4.98 Å². The summed E-state index contributed by atoms with van der Waals surface area (Å²) in [4.78, 5) is 9.19. The van der Waals surface area contributed by atoms with Crippen molar-refractivity contribution in [1.29, 1.82) is 0 Å². The molecule has 114 valence electrons. The number of imidazole rings is 1. The van der Waals surface area contributed by atoms with Crippen molar-refractivity contribution in [1.82, 2.24) is 14.4 Å². The summed E-state index contributed by atoms with van der Waals surface area (Å²) in [5.74, 6) is 1.80. The molecule has 1 aliphatic rings. The Kier molecular flexibility index (Phi) is 3.99. The number of nitrogens with zero attached hydrogens (tertiary/aromatic N) is 3. The molecule has 0 spiro atoms. The summed E-state index contributed by atoms with van der Waals surface area (Å²) in [5.41, 5.74) is 1.05. The third-order valence-electron chi connectivity index (χ3n) is 4.31. The van der Waals surface area contributed by atoms with Gasteiger partial charge in [-0.25, -0.2) is 9.97 Å². The van der Waals surface area contributed by atoms with Crippen molar-refractivity contribution < 1.29 is 0 Å². The van der Waals surface area contributed by atoms with Crippen LogP contribution < -0.4 is 10.6 Å². The van der Waals surface area contributed by atoms with Crippen molar-refractivity contribution >= 4 is 17.3 Å². The van der Waals surface area contributed by atoms with Gasteiger partial charge in [0.15, 0.2) is 11.5 Å². The van der Waals surface area contributed by atoms with Gasteiger partial charge in [0.1, 0.15) is 5.82 Å². The third-order valence-corrected chi connectivity index (χ3v) is 4.31. The van der Waals surface area contributed by atoms with E-state index < -0.39 is 0 Å². The molecule has 5 heteroatoms. The summed E-state index contributed by atoms with van der Waals surface area (Å²) in [5, 5.41) is 7.04. The van der Waals surface area contributed by atoms with Crippen LogP contribution in [0.25, 0.3) is 5.65 Å². The maximum atomic E-state index is 4.74. The Morgan fingerprint density at radius 2 is 2.10 bits per heavy atom. The summed E-state index contributed by atoms with van der Waals surface area (Å²) in [7, 11) is 0. The van der Waals surface area contributed by atoms with Crippen LogP contribution in [0, 0.1) is 0 Å². The van der Waals surface area contributed by atoms with Gasteiger partial charge in [-0.15, -0.1) is 0 Å². The van der Waals surface area contributed by atoms with Crippen molar-refractivity contribution in [3.8, 4) is 0 Å². The average molecular weight is 287 g/mol. The van der Waals surface area contributed by atoms with Gasteiger partial charge in [-0.1, -0.05) is 26.2 Å². The van der Waals surface area contributed by atoms with E-state index >= 15 is 0 Å². The van der Waals surface area contributed by atoms with Crippen molar-refractivity contribution in [2.75, 3.05) is 17.2 Å². The Balaban J connectivity index is 1.90. The number of anilines is 2. The quantitative estimate of drug-likeness (QED) is 0.880. The van der Waals surface area contributed by atoms with Gasteiger partial charge in [0.25, 0.3) is 0 Å². The molecule has 2 heterocycles. The van der Waals surface area contributed by atoms with Gasteiger partial charge >= 0.3 is 0 Å². The minimum atomic E-state index is 0.140. The van der Waals surface area contributed by atoms with Crippen LogP contribution in [0.5, 0.6) is 0 Å². The number of hydrogen-bond acceptors (Lipinski definition) is 4. The molecule has 0 aromatic carbocycles. The maximum Gasteiger partial charge on any atom is 0.180 e. The highest BCUT2D eigenvalue weighted by Gasteiger charge is 2.27. The fraction of sp³-hybridized carbons (Fsp3) is 0.625. The molecule has 3 rings (SSSR count). The highest BCUT2D eigenvalue weighted by atomic mass is 15.2. The van der Waals surface area contributed by atoms with E-state index in [2.05, 4.69) is 29.5 Å². The number of aromatic nitrogens is 3. The van der Waals surface area contributed by atoms with Gasteiger partial charge in [-0.05, 0) is 26.2 Å². The number of fused-ring (bicyclic) bond motifs is 1. The van der Waals surface area contributed by atoms with Crippen molar-refractivity contribution in [2.24, 2.45) is 0 Å². The maximum absolute atomic E-state index is 4.74. The molecule has 0 unspecified atom stereocenters. The third kappa shape index (κ3) is 3.12. The van der Waals surface area contributed by atoms with E-state index in [1.807, 2.05) is 23.0 Å². The van der Waals surface area contributed by atoms with Crippen LogP contribution in [0.15, 0.2) is 18.6 Å². The Morgan fingerprint density at radius 3 is 2.86 bits per heavy atom. The van der Waals surface area contributed by atoms with Crippen LogP contribution in [0.3, 0.4) is 0 Å². The number of hydrogen-bond donors (Lipinski definition) is 2. The zero-order valence-corrected chi connectivity index (χ0v) is 13.0. The average Bonchev–Trinajstić information content (AvgIpc) is 2.94. The molecule has 0 atom stereocenters. The molecule has 5 nitrogen and oxygen atoms in total. The predicted molar refractivity (Wildman–Crippen MR) is 86.9 cm³/mol. The second kappa shape index (κ2) is 5.92. The molecule has 0 saturated heterocycles. The van der Waals surface area contributed by atoms with Gasteiger partial charge in [0, 0.05) is 24.5 Å². The molecule has 2 aromatic rings. The highest BCUT2D eigenvalue weighted by Crippen LogP contribution is 2.32. The SMILES string of the molecule is CCCNc1cn2ccnc2c(NC2(C)CCCCC2)n1. The Bertz CT molecular complexity index is 598. The molecular formula is C16H25N5. The molecule has 0 aliphatic heterocycles. The largest absolute Gasteiger partial charge is 0.369 e. The van der Waals surface area contributed by atoms with Crippen LogP contribution in [0.4, 0.5) is 11.6 Å². The van der Waals surface area contributed by atoms with E-state index in [1.54, 1.807) is 0 Å². The molecule has 2 aromatic heterocycles. The van der Waals surface area contributed by atoms with E-state index in [1.165, 1.54) is 32.1 Å². The first-order valence-corrected chi connectivity index (χ1v) is 8.06. The minimum absolute atomic E-state index is 0.140. The van der Waals surface area contributed by atoms with Crippen molar-refractivity contribution in [3.05, 3.63) is 18.6 Å². The first kappa shape index (κ1) is 14.2. The smallest absolute Gasteiger partial charge is 0.180 e. The number of rotatable bonds is 5. The normalized spacial score (nSPS) is 17.8. The summed E-state index contributed by atoms with van der Waals surface area (Å²) in [6.45, 7) is 5.40. The minimum Gasteiger partial charge on any atom is -0.369 e. The zero-order chi connectivity index (χ0) is 14.7. The molecule has 2 N–H and O–H groups in total. The second-order valence-electron chi connectivity index (χ2n) is 6.31. The van der Waals surface area contributed by atoms with E-state index in [0.29, 0.717) is 0 Å². The monoisotopic (exact) mass is 287 g/mol. The van der Waals surface area contributed by atoms with Crippen LogP contribution in [-0.4, -0.2) is 26.5 Å². The van der Waals surface area contributed by atoms with Gasteiger partial charge < -0.3 is 15.0 Å². The summed E-state index contributed by atoms with van der Waals surface area (Å²) in [6.07, 6.45) is 13.2. The van der Waals surface area contributed by atoms with Gasteiger partial charge in [0.05, 0.1) is 6.20 Å². The lowest BCUT2D eigenvalue weighted by molar-refractivity contribution is 0.349. The van der Waals surface area contributed by atoms with Gasteiger partial charge in [0.2, 0.25) is 0 Å². The topological polar surface area (TPSA) is 54.2 Å². The highest BCUT2D eigenvalue weighted by molar-refractivity contribution is 5.66. The standard InChI is InChI=1S/C16H25N5/c1-3-9-17-13-12-21-11-10-18-15(21)14(19-13)20-16(2)7-5-4-6-8-16/h10-12,17H,3-9H2,1-2H3,(H,19,20). The van der Waals surface area contributed by atoms with Crippen molar-refractivity contribution in [3.63, 3.8) is 0 Å². The number of nitrogens with one attached hydrogen (secondary N) is 2. The molecule has 1 saturated carbocycles. The van der Waals surface area contributed by atoms with Crippen molar-refractivity contribution in [2.45, 2.75) is 57.9 Å². The fourth-order valence-corrected chi connectivity index (χ4v) is 3.10. The molecule has 1 aliphatic carbocycles. The molecule has 21 heavy (non-hydrogen) atoms. The lowest BCUT2D eigenvalue weighted by Gasteiger charge is -2.35. The lowest BCUT2D eigenvalue weighted by Crippen LogP contribution is -2.37. The Morgan fingerprint density at radius 1 is 1.29 bits per heavy atom. The van der Waals surface area contributed by atoms with E-state index in [-0.39, 0.29) is 5.54 Å². The van der Waals surface area contributed by atoms with Gasteiger partial charge in [-0.3, -0.25) is 0 Å². The zero-order valence-electron chi connectivity index (χ0n) is 13.0. The summed E-state index contributed by atoms with van der Waals surface area (Å²) >= 11 is 0. The molecule has 0 bridgehead atoms. The molecular weight excluding hydrogens is 262 g/mol. The van der Waals surface area contributed by atoms with E-state index in [9.17, 15) is 0 Å². The second-order valence-corrected chi connectivity index (χ2v) is 6.31. The molecule has 0 radical (unpaired) electrons. The Labute approximate surface area is 126 Å². The van der Waals surface area contributed by atoms with Crippen LogP contribution in [0.2, 0.25) is 0 Å². The Hall–Kier alpha value is -1.78.